The van der Waals surface area contributed by atoms with Crippen molar-refractivity contribution in [2.45, 2.75) is 13.5 Å². The summed E-state index contributed by atoms with van der Waals surface area (Å²) >= 11 is 0. The van der Waals surface area contributed by atoms with Crippen molar-refractivity contribution in [3.05, 3.63) is 86.7 Å². The summed E-state index contributed by atoms with van der Waals surface area (Å²) in [7, 11) is 0. The van der Waals surface area contributed by atoms with Gasteiger partial charge >= 0.3 is 0 Å². The second kappa shape index (κ2) is 7.52. The SMILES string of the molecule is Cc1c2c(=O)n(-c3cccc(C#N)c3)[nH]c2cc(=O)n1CC(=O)Nc1ccccn1. The second-order valence-corrected chi connectivity index (χ2v) is 6.62. The number of pyridine rings is 2. The first-order chi connectivity index (χ1) is 14.5. The zero-order valence-corrected chi connectivity index (χ0v) is 15.9. The fraction of sp³-hybridized carbons (Fsp3) is 0.0952. The van der Waals surface area contributed by atoms with Crippen molar-refractivity contribution in [2.75, 3.05) is 5.32 Å². The van der Waals surface area contributed by atoms with Crippen LogP contribution in [0, 0.1) is 18.3 Å². The van der Waals surface area contributed by atoms with E-state index in [0.717, 1.165) is 0 Å². The van der Waals surface area contributed by atoms with Crippen LogP contribution in [0.2, 0.25) is 0 Å². The fourth-order valence-corrected chi connectivity index (χ4v) is 3.27. The molecule has 1 amide bonds. The summed E-state index contributed by atoms with van der Waals surface area (Å²) in [5, 5.41) is 14.9. The molecule has 0 saturated carbocycles. The van der Waals surface area contributed by atoms with Gasteiger partial charge in [-0.25, -0.2) is 9.67 Å². The van der Waals surface area contributed by atoms with Crippen molar-refractivity contribution < 1.29 is 4.79 Å². The van der Waals surface area contributed by atoms with Crippen molar-refractivity contribution in [2.24, 2.45) is 0 Å². The maximum absolute atomic E-state index is 13.0. The lowest BCUT2D eigenvalue weighted by Gasteiger charge is -2.10. The minimum Gasteiger partial charge on any atom is -0.309 e. The van der Waals surface area contributed by atoms with Gasteiger partial charge in [0.1, 0.15) is 12.4 Å². The number of nitrogens with zero attached hydrogens (tertiary/aromatic N) is 4. The molecule has 9 nitrogen and oxygen atoms in total. The first-order valence-corrected chi connectivity index (χ1v) is 9.04. The Morgan fingerprint density at radius 1 is 1.20 bits per heavy atom. The number of anilines is 1. The molecule has 3 aromatic heterocycles. The molecule has 3 heterocycles. The highest BCUT2D eigenvalue weighted by molar-refractivity contribution is 5.90. The number of amides is 1. The molecular formula is C21H16N6O3. The van der Waals surface area contributed by atoms with Crippen LogP contribution in [-0.4, -0.2) is 25.2 Å². The average molecular weight is 400 g/mol. The third-order valence-corrected chi connectivity index (χ3v) is 4.69. The standard InChI is InChI=1S/C21H16N6O3/c1-13-20-16(25-27(21(20)30)15-6-4-5-14(9-15)11-22)10-19(29)26(13)12-18(28)24-17-7-2-3-8-23-17/h2-10,25H,12H2,1H3,(H,23,24,28). The van der Waals surface area contributed by atoms with Crippen LogP contribution >= 0.6 is 0 Å². The highest BCUT2D eigenvalue weighted by Gasteiger charge is 2.17. The fourth-order valence-electron chi connectivity index (χ4n) is 3.27. The number of aryl methyl sites for hydroxylation is 1. The number of nitriles is 1. The highest BCUT2D eigenvalue weighted by Crippen LogP contribution is 2.14. The van der Waals surface area contributed by atoms with Gasteiger partial charge in [0.05, 0.1) is 28.2 Å². The Labute approximate surface area is 169 Å². The first kappa shape index (κ1) is 18.9. The van der Waals surface area contributed by atoms with Gasteiger partial charge in [-0.05, 0) is 37.3 Å². The quantitative estimate of drug-likeness (QED) is 0.539. The predicted molar refractivity (Wildman–Crippen MR) is 110 cm³/mol. The van der Waals surface area contributed by atoms with Crippen LogP contribution in [0.15, 0.2) is 64.3 Å². The molecule has 0 aliphatic rings. The van der Waals surface area contributed by atoms with Crippen molar-refractivity contribution in [1.29, 1.82) is 5.26 Å². The van der Waals surface area contributed by atoms with Crippen molar-refractivity contribution in [3.63, 3.8) is 0 Å². The zero-order valence-electron chi connectivity index (χ0n) is 15.9. The first-order valence-electron chi connectivity index (χ1n) is 9.04. The molecule has 0 fully saturated rings. The summed E-state index contributed by atoms with van der Waals surface area (Å²) < 4.78 is 2.52. The minimum absolute atomic E-state index is 0.258. The molecular weight excluding hydrogens is 384 g/mol. The van der Waals surface area contributed by atoms with E-state index in [2.05, 4.69) is 15.4 Å². The number of hydrogen-bond acceptors (Lipinski definition) is 5. The van der Waals surface area contributed by atoms with E-state index in [9.17, 15) is 14.4 Å². The van der Waals surface area contributed by atoms with Crippen molar-refractivity contribution in [1.82, 2.24) is 19.3 Å². The molecule has 0 bridgehead atoms. The summed E-state index contributed by atoms with van der Waals surface area (Å²) in [4.78, 5) is 42.0. The molecule has 4 aromatic rings. The van der Waals surface area contributed by atoms with Gasteiger partial charge < -0.3 is 9.88 Å². The minimum atomic E-state index is -0.434. The van der Waals surface area contributed by atoms with Gasteiger partial charge in [-0.15, -0.1) is 0 Å². The molecule has 4 rings (SSSR count). The molecule has 0 aliphatic heterocycles. The van der Waals surface area contributed by atoms with E-state index in [1.807, 2.05) is 6.07 Å². The number of hydrogen-bond donors (Lipinski definition) is 2. The molecule has 2 N–H and O–H groups in total. The number of rotatable bonds is 4. The average Bonchev–Trinajstić information content (AvgIpc) is 3.08. The Bertz CT molecular complexity index is 1420. The Kier molecular flexibility index (Phi) is 4.74. The Balaban J connectivity index is 1.75. The molecule has 0 aliphatic carbocycles. The van der Waals surface area contributed by atoms with E-state index in [-0.39, 0.29) is 12.1 Å². The van der Waals surface area contributed by atoms with E-state index in [0.29, 0.717) is 33.7 Å². The highest BCUT2D eigenvalue weighted by atomic mass is 16.2. The van der Waals surface area contributed by atoms with E-state index < -0.39 is 11.5 Å². The van der Waals surface area contributed by atoms with Crippen LogP contribution < -0.4 is 16.4 Å². The Morgan fingerprint density at radius 2 is 2.03 bits per heavy atom. The van der Waals surface area contributed by atoms with Gasteiger partial charge in [0.25, 0.3) is 11.1 Å². The number of H-pyrrole nitrogens is 1. The van der Waals surface area contributed by atoms with Gasteiger partial charge in [-0.1, -0.05) is 12.1 Å². The van der Waals surface area contributed by atoms with Gasteiger partial charge in [-0.2, -0.15) is 5.26 Å². The largest absolute Gasteiger partial charge is 0.309 e. The lowest BCUT2D eigenvalue weighted by molar-refractivity contribution is -0.116. The monoisotopic (exact) mass is 400 g/mol. The van der Waals surface area contributed by atoms with Gasteiger partial charge in [-0.3, -0.25) is 19.5 Å². The summed E-state index contributed by atoms with van der Waals surface area (Å²) in [5.41, 5.74) is 0.797. The third-order valence-electron chi connectivity index (χ3n) is 4.69. The topological polar surface area (TPSA) is 126 Å². The number of aromatic nitrogens is 4. The number of carbonyl (C=O) groups is 1. The molecule has 0 unspecified atom stereocenters. The number of benzene rings is 1. The molecule has 1 aromatic carbocycles. The van der Waals surface area contributed by atoms with Crippen LogP contribution in [0.5, 0.6) is 0 Å². The van der Waals surface area contributed by atoms with Crippen LogP contribution in [-0.2, 0) is 11.3 Å². The number of aromatic amines is 1. The summed E-state index contributed by atoms with van der Waals surface area (Å²) in [6.45, 7) is 1.36. The number of fused-ring (bicyclic) bond motifs is 1. The van der Waals surface area contributed by atoms with E-state index in [4.69, 9.17) is 5.26 Å². The van der Waals surface area contributed by atoms with Gasteiger partial charge in [0, 0.05) is 18.0 Å². The lowest BCUT2D eigenvalue weighted by atomic mass is 10.2. The predicted octanol–water partition coefficient (Wildman–Crippen LogP) is 1.69. The van der Waals surface area contributed by atoms with Crippen molar-refractivity contribution in [3.8, 4) is 11.8 Å². The van der Waals surface area contributed by atoms with Gasteiger partial charge in [0.2, 0.25) is 5.91 Å². The lowest BCUT2D eigenvalue weighted by Crippen LogP contribution is -2.29. The molecule has 0 atom stereocenters. The normalized spacial score (nSPS) is 10.7. The second-order valence-electron chi connectivity index (χ2n) is 6.62. The molecule has 9 heteroatoms. The summed E-state index contributed by atoms with van der Waals surface area (Å²) in [5.74, 6) is -0.0634. The third kappa shape index (κ3) is 3.38. The zero-order chi connectivity index (χ0) is 21.3. The smallest absolute Gasteiger partial charge is 0.280 e. The van der Waals surface area contributed by atoms with Crippen LogP contribution in [0.1, 0.15) is 11.3 Å². The summed E-state index contributed by atoms with van der Waals surface area (Å²) in [6, 6.07) is 14.9. The number of nitrogens with one attached hydrogen (secondary N) is 2. The molecule has 148 valence electrons. The van der Waals surface area contributed by atoms with E-state index in [1.165, 1.54) is 15.3 Å². The maximum Gasteiger partial charge on any atom is 0.280 e. The molecule has 0 spiro atoms. The maximum atomic E-state index is 13.0. The van der Waals surface area contributed by atoms with Crippen LogP contribution in [0.4, 0.5) is 5.82 Å². The van der Waals surface area contributed by atoms with E-state index >= 15 is 0 Å². The van der Waals surface area contributed by atoms with E-state index in [1.54, 1.807) is 55.6 Å². The molecule has 0 saturated heterocycles. The Hall–Kier alpha value is -4.45. The van der Waals surface area contributed by atoms with Crippen LogP contribution in [0.3, 0.4) is 0 Å². The molecule has 30 heavy (non-hydrogen) atoms. The number of carbonyl (C=O) groups excluding carboxylic acids is 1. The summed E-state index contributed by atoms with van der Waals surface area (Å²) in [6.07, 6.45) is 1.54. The van der Waals surface area contributed by atoms with Gasteiger partial charge in [0.15, 0.2) is 0 Å². The molecule has 0 radical (unpaired) electrons. The van der Waals surface area contributed by atoms with Crippen LogP contribution in [0.25, 0.3) is 16.6 Å². The van der Waals surface area contributed by atoms with Crippen molar-refractivity contribution >= 4 is 22.6 Å². The Morgan fingerprint density at radius 3 is 2.77 bits per heavy atom.